The van der Waals surface area contributed by atoms with Crippen LogP contribution >= 0.6 is 0 Å². The van der Waals surface area contributed by atoms with Gasteiger partial charge in [0.1, 0.15) is 11.3 Å². The number of benzene rings is 4. The van der Waals surface area contributed by atoms with E-state index in [1.54, 1.807) is 18.2 Å². The third-order valence-electron chi connectivity index (χ3n) is 4.98. The van der Waals surface area contributed by atoms with Gasteiger partial charge in [0.2, 0.25) is 0 Å². The molecule has 5 rings (SSSR count). The first-order chi connectivity index (χ1) is 13.8. The molecule has 0 fully saturated rings. The predicted molar refractivity (Wildman–Crippen MR) is 111 cm³/mol. The van der Waals surface area contributed by atoms with Crippen molar-refractivity contribution in [3.63, 3.8) is 0 Å². The first-order valence-electron chi connectivity index (χ1n) is 9.03. The van der Waals surface area contributed by atoms with Crippen LogP contribution in [0.5, 0.6) is 11.5 Å². The van der Waals surface area contributed by atoms with E-state index in [2.05, 4.69) is 29.2 Å². The zero-order valence-corrected chi connectivity index (χ0v) is 15.2. The fourth-order valence-corrected chi connectivity index (χ4v) is 3.70. The van der Waals surface area contributed by atoms with Crippen molar-refractivity contribution >= 4 is 38.5 Å². The van der Waals surface area contributed by atoms with Gasteiger partial charge < -0.3 is 14.5 Å². The lowest BCUT2D eigenvalue weighted by Crippen LogP contribution is -2.03. The van der Waals surface area contributed by atoms with Crippen LogP contribution in [0.1, 0.15) is 10.4 Å². The minimum absolute atomic E-state index is 0.391. The molecule has 28 heavy (non-hydrogen) atoms. The Hall–Kier alpha value is -3.79. The monoisotopic (exact) mass is 367 g/mol. The van der Waals surface area contributed by atoms with Gasteiger partial charge in [-0.15, -0.1) is 0 Å². The van der Waals surface area contributed by atoms with Crippen LogP contribution in [-0.4, -0.2) is 18.1 Å². The van der Waals surface area contributed by atoms with Crippen LogP contribution in [0.25, 0.3) is 32.6 Å². The Morgan fingerprint density at radius 2 is 1.54 bits per heavy atom. The van der Waals surface area contributed by atoms with Crippen molar-refractivity contribution in [2.45, 2.75) is 0 Å². The molecule has 0 saturated carbocycles. The third-order valence-corrected chi connectivity index (χ3v) is 4.98. The van der Waals surface area contributed by atoms with Crippen molar-refractivity contribution in [3.05, 3.63) is 84.4 Å². The fraction of sp³-hybridized carbons (Fsp3) is 0.0417. The van der Waals surface area contributed by atoms with Crippen LogP contribution in [0.4, 0.5) is 0 Å². The topological polar surface area (TPSA) is 51.3 Å². The van der Waals surface area contributed by atoms with Crippen molar-refractivity contribution in [2.75, 3.05) is 7.11 Å². The van der Waals surface area contributed by atoms with Crippen molar-refractivity contribution in [2.24, 2.45) is 0 Å². The van der Waals surface area contributed by atoms with Crippen molar-refractivity contribution in [1.29, 1.82) is 0 Å². The van der Waals surface area contributed by atoms with E-state index >= 15 is 0 Å². The Balaban J connectivity index is 1.80. The summed E-state index contributed by atoms with van der Waals surface area (Å²) in [6.07, 6.45) is 0. The average molecular weight is 367 g/mol. The normalized spacial score (nSPS) is 11.2. The minimum atomic E-state index is -0.427. The smallest absolute Gasteiger partial charge is 0.341 e. The molecule has 0 amide bonds. The van der Waals surface area contributed by atoms with E-state index in [9.17, 15) is 4.79 Å². The number of nitrogens with one attached hydrogen (secondary N) is 1. The minimum Gasteiger partial charge on any atom is -0.465 e. The second kappa shape index (κ2) is 6.43. The average Bonchev–Trinajstić information content (AvgIpc) is 3.14. The second-order valence-electron chi connectivity index (χ2n) is 6.61. The molecular formula is C24H17NO3. The number of aromatic nitrogens is 1. The summed E-state index contributed by atoms with van der Waals surface area (Å²) < 4.78 is 11.1. The fourth-order valence-electron chi connectivity index (χ4n) is 3.70. The highest BCUT2D eigenvalue weighted by Gasteiger charge is 2.17. The molecule has 1 heterocycles. The molecule has 0 atom stereocenters. The van der Waals surface area contributed by atoms with Crippen LogP contribution in [0, 0.1) is 0 Å². The van der Waals surface area contributed by atoms with Crippen molar-refractivity contribution in [3.8, 4) is 11.5 Å². The number of carbonyl (C=O) groups is 1. The van der Waals surface area contributed by atoms with E-state index in [0.29, 0.717) is 17.1 Å². The van der Waals surface area contributed by atoms with Gasteiger partial charge in [0.15, 0.2) is 5.75 Å². The largest absolute Gasteiger partial charge is 0.465 e. The lowest BCUT2D eigenvalue weighted by atomic mass is 10.0. The molecule has 0 bridgehead atoms. The van der Waals surface area contributed by atoms with Gasteiger partial charge in [0, 0.05) is 16.3 Å². The van der Waals surface area contributed by atoms with Gasteiger partial charge in [-0.3, -0.25) is 0 Å². The molecule has 5 aromatic rings. The molecule has 0 aliphatic heterocycles. The summed E-state index contributed by atoms with van der Waals surface area (Å²) in [5.74, 6) is 0.704. The number of fused-ring (bicyclic) bond motifs is 5. The van der Waals surface area contributed by atoms with Crippen LogP contribution in [-0.2, 0) is 4.74 Å². The van der Waals surface area contributed by atoms with E-state index in [1.165, 1.54) is 7.11 Å². The quantitative estimate of drug-likeness (QED) is 0.395. The van der Waals surface area contributed by atoms with Crippen molar-refractivity contribution in [1.82, 2.24) is 4.98 Å². The molecular weight excluding hydrogens is 350 g/mol. The molecule has 4 heteroatoms. The predicted octanol–water partition coefficient (Wildman–Crippen LogP) is 6.05. The molecule has 4 aromatic carbocycles. The molecule has 1 aromatic heterocycles. The number of rotatable bonds is 3. The molecule has 0 aliphatic carbocycles. The summed E-state index contributed by atoms with van der Waals surface area (Å²) in [5.41, 5.74) is 2.34. The highest BCUT2D eigenvalue weighted by atomic mass is 16.5. The molecule has 0 spiro atoms. The highest BCUT2D eigenvalue weighted by Crippen LogP contribution is 2.40. The summed E-state index contributed by atoms with van der Waals surface area (Å²) in [5, 5.41) is 4.48. The van der Waals surface area contributed by atoms with Gasteiger partial charge >= 0.3 is 5.97 Å². The van der Waals surface area contributed by atoms with Crippen molar-refractivity contribution < 1.29 is 14.3 Å². The van der Waals surface area contributed by atoms with Crippen LogP contribution in [0.3, 0.4) is 0 Å². The van der Waals surface area contributed by atoms with Gasteiger partial charge in [-0.25, -0.2) is 4.79 Å². The van der Waals surface area contributed by atoms with Crippen LogP contribution < -0.4 is 4.74 Å². The molecule has 0 aliphatic rings. The maximum absolute atomic E-state index is 12.1. The summed E-state index contributed by atoms with van der Waals surface area (Å²) in [7, 11) is 1.37. The van der Waals surface area contributed by atoms with Gasteiger partial charge in [0.25, 0.3) is 0 Å². The number of aromatic amines is 1. The Labute approximate surface area is 161 Å². The van der Waals surface area contributed by atoms with Crippen LogP contribution in [0.15, 0.2) is 78.9 Å². The lowest BCUT2D eigenvalue weighted by molar-refractivity contribution is 0.0598. The van der Waals surface area contributed by atoms with Gasteiger partial charge in [0.05, 0.1) is 12.6 Å². The number of hydrogen-bond acceptors (Lipinski definition) is 3. The zero-order chi connectivity index (χ0) is 19.1. The maximum Gasteiger partial charge on any atom is 0.341 e. The summed E-state index contributed by atoms with van der Waals surface area (Å²) in [6, 6.07) is 25.5. The lowest BCUT2D eigenvalue weighted by Gasteiger charge is -2.12. The zero-order valence-electron chi connectivity index (χ0n) is 15.2. The van der Waals surface area contributed by atoms with E-state index < -0.39 is 5.97 Å². The van der Waals surface area contributed by atoms with Gasteiger partial charge in [-0.2, -0.15) is 0 Å². The first kappa shape index (κ1) is 16.4. The van der Waals surface area contributed by atoms with Gasteiger partial charge in [-0.1, -0.05) is 54.6 Å². The summed E-state index contributed by atoms with van der Waals surface area (Å²) >= 11 is 0. The molecule has 4 nitrogen and oxygen atoms in total. The number of methoxy groups -OCH3 is 1. The highest BCUT2D eigenvalue weighted by molar-refractivity contribution is 6.22. The van der Waals surface area contributed by atoms with E-state index in [1.807, 2.05) is 36.4 Å². The Morgan fingerprint density at radius 3 is 2.39 bits per heavy atom. The second-order valence-corrected chi connectivity index (χ2v) is 6.61. The number of hydrogen-bond donors (Lipinski definition) is 1. The maximum atomic E-state index is 12.1. The number of H-pyrrole nitrogens is 1. The standard InChI is InChI=1S/C24H17NO3/c1-27-24(26)18-11-5-7-13-20(18)28-21-14-15-8-2-3-9-16(15)22-17-10-4-6-12-19(17)25-23(21)22/h2-14,25H,1H3. The number of esters is 1. The summed E-state index contributed by atoms with van der Waals surface area (Å²) in [4.78, 5) is 15.6. The Bertz CT molecular complexity index is 1350. The Kier molecular flexibility index (Phi) is 3.76. The number of carbonyl (C=O) groups excluding carboxylic acids is 1. The SMILES string of the molecule is COC(=O)c1ccccc1Oc1cc2ccccc2c2c1[nH]c1ccccc12. The van der Waals surface area contributed by atoms with Crippen LogP contribution in [0.2, 0.25) is 0 Å². The molecule has 0 unspecified atom stereocenters. The Morgan fingerprint density at radius 1 is 0.821 bits per heavy atom. The number of ether oxygens (including phenoxy) is 2. The molecule has 0 radical (unpaired) electrons. The van der Waals surface area contributed by atoms with E-state index in [-0.39, 0.29) is 0 Å². The molecule has 1 N–H and O–H groups in total. The van der Waals surface area contributed by atoms with E-state index in [4.69, 9.17) is 9.47 Å². The number of para-hydroxylation sites is 2. The van der Waals surface area contributed by atoms with Gasteiger partial charge in [-0.05, 0) is 35.0 Å². The van der Waals surface area contributed by atoms with E-state index in [0.717, 1.165) is 32.6 Å². The summed E-state index contributed by atoms with van der Waals surface area (Å²) in [6.45, 7) is 0. The first-order valence-corrected chi connectivity index (χ1v) is 9.03. The molecule has 136 valence electrons. The molecule has 0 saturated heterocycles. The third kappa shape index (κ3) is 2.50.